The number of H-pyrrole nitrogens is 1. The van der Waals surface area contributed by atoms with Gasteiger partial charge in [0.15, 0.2) is 6.61 Å². The minimum atomic E-state index is -1.02. The summed E-state index contributed by atoms with van der Waals surface area (Å²) in [4.78, 5) is 16.2. The lowest BCUT2D eigenvalue weighted by Crippen LogP contribution is -2.37. The molecule has 0 aliphatic carbocycles. The summed E-state index contributed by atoms with van der Waals surface area (Å²) >= 11 is 0. The van der Waals surface area contributed by atoms with Crippen molar-refractivity contribution in [3.63, 3.8) is 0 Å². The van der Waals surface area contributed by atoms with Gasteiger partial charge >= 0.3 is 5.97 Å². The van der Waals surface area contributed by atoms with Crippen LogP contribution in [0.2, 0.25) is 0 Å². The first-order chi connectivity index (χ1) is 16.4. The van der Waals surface area contributed by atoms with E-state index in [0.717, 1.165) is 39.8 Å². The van der Waals surface area contributed by atoms with E-state index in [9.17, 15) is 9.90 Å². The number of aliphatic hydroxyl groups excluding tert-OH is 1. The number of aromatic nitrogens is 1. The molecule has 34 heavy (non-hydrogen) atoms. The topological polar surface area (TPSA) is 95.0 Å². The molecule has 178 valence electrons. The van der Waals surface area contributed by atoms with Crippen molar-refractivity contribution in [1.82, 2.24) is 4.98 Å². The van der Waals surface area contributed by atoms with E-state index in [0.29, 0.717) is 18.2 Å². The van der Waals surface area contributed by atoms with Crippen molar-refractivity contribution in [3.8, 4) is 11.5 Å². The second kappa shape index (κ2) is 10.5. The summed E-state index contributed by atoms with van der Waals surface area (Å²) in [5.41, 5.74) is 2.97. The smallest absolute Gasteiger partial charge is 0.341 e. The van der Waals surface area contributed by atoms with Crippen LogP contribution in [0.5, 0.6) is 11.5 Å². The summed E-state index contributed by atoms with van der Waals surface area (Å²) in [5.74, 6) is 0.601. The average Bonchev–Trinajstić information content (AvgIpc) is 3.20. The Morgan fingerprint density at radius 2 is 1.68 bits per heavy atom. The zero-order chi connectivity index (χ0) is 24.1. The quantitative estimate of drug-likeness (QED) is 0.299. The first-order valence-electron chi connectivity index (χ1n) is 11.4. The Morgan fingerprint density at radius 1 is 0.941 bits per heavy atom. The molecule has 0 fully saturated rings. The summed E-state index contributed by atoms with van der Waals surface area (Å²) in [6.45, 7) is 5.18. The van der Waals surface area contributed by atoms with E-state index in [2.05, 4.69) is 29.8 Å². The molecule has 4 rings (SSSR count). The summed E-state index contributed by atoms with van der Waals surface area (Å²) < 4.78 is 11.3. The number of aliphatic hydroxyl groups is 1. The van der Waals surface area contributed by atoms with Gasteiger partial charge in [-0.1, -0.05) is 38.1 Å². The van der Waals surface area contributed by atoms with Gasteiger partial charge in [0.1, 0.15) is 24.2 Å². The van der Waals surface area contributed by atoms with Crippen LogP contribution in [0.3, 0.4) is 0 Å². The van der Waals surface area contributed by atoms with Crippen LogP contribution in [0.15, 0.2) is 66.7 Å². The molecule has 0 aliphatic heterocycles. The molecule has 7 nitrogen and oxygen atoms in total. The molecule has 7 heteroatoms. The zero-order valence-corrected chi connectivity index (χ0v) is 19.4. The van der Waals surface area contributed by atoms with E-state index in [1.807, 2.05) is 48.5 Å². The first kappa shape index (κ1) is 23.4. The van der Waals surface area contributed by atoms with Crippen molar-refractivity contribution in [2.24, 2.45) is 5.92 Å². The maximum absolute atomic E-state index is 10.8. The van der Waals surface area contributed by atoms with Crippen LogP contribution >= 0.6 is 0 Å². The highest BCUT2D eigenvalue weighted by Crippen LogP contribution is 2.33. The Hall–Kier alpha value is -3.71. The number of carbonyl (C=O) groups is 1. The maximum Gasteiger partial charge on any atom is 0.341 e. The van der Waals surface area contributed by atoms with E-state index in [-0.39, 0.29) is 13.2 Å². The van der Waals surface area contributed by atoms with E-state index in [4.69, 9.17) is 14.6 Å². The summed E-state index contributed by atoms with van der Waals surface area (Å²) in [6, 6.07) is 21.2. The van der Waals surface area contributed by atoms with Gasteiger partial charge in [0.25, 0.3) is 0 Å². The number of benzene rings is 3. The van der Waals surface area contributed by atoms with Crippen molar-refractivity contribution in [2.75, 3.05) is 31.2 Å². The number of aromatic amines is 1. The number of carboxylic acids is 1. The van der Waals surface area contributed by atoms with Gasteiger partial charge in [-0.2, -0.15) is 0 Å². The SMILES string of the molecule is CC(C)CN(C[C@H](O)COc1cccc2[nH]c3ccccc3c12)c1ccc(OCC(=O)O)cc1. The normalized spacial score (nSPS) is 12.2. The van der Waals surface area contributed by atoms with Gasteiger partial charge in [-0.3, -0.25) is 0 Å². The number of anilines is 1. The first-order valence-corrected chi connectivity index (χ1v) is 11.4. The molecule has 1 heterocycles. The minimum Gasteiger partial charge on any atom is -0.490 e. The molecule has 0 amide bonds. The van der Waals surface area contributed by atoms with Gasteiger partial charge < -0.3 is 29.6 Å². The lowest BCUT2D eigenvalue weighted by atomic mass is 10.1. The number of ether oxygens (including phenoxy) is 2. The number of nitrogens with zero attached hydrogens (tertiary/aromatic N) is 1. The van der Waals surface area contributed by atoms with Crippen molar-refractivity contribution in [2.45, 2.75) is 20.0 Å². The van der Waals surface area contributed by atoms with Crippen LogP contribution in [0.4, 0.5) is 5.69 Å². The molecule has 1 aromatic heterocycles. The summed E-state index contributed by atoms with van der Waals surface area (Å²) in [7, 11) is 0. The molecule has 0 aliphatic rings. The second-order valence-electron chi connectivity index (χ2n) is 8.79. The van der Waals surface area contributed by atoms with Gasteiger partial charge in [-0.25, -0.2) is 4.79 Å². The highest BCUT2D eigenvalue weighted by molar-refractivity contribution is 6.10. The van der Waals surface area contributed by atoms with Gasteiger partial charge in [0.05, 0.1) is 5.52 Å². The molecule has 0 bridgehead atoms. The summed E-state index contributed by atoms with van der Waals surface area (Å²) in [5, 5.41) is 21.7. The predicted molar refractivity (Wildman–Crippen MR) is 134 cm³/mol. The van der Waals surface area contributed by atoms with Crippen molar-refractivity contribution >= 4 is 33.5 Å². The fourth-order valence-electron chi connectivity index (χ4n) is 4.11. The number of aliphatic carboxylic acids is 1. The molecule has 0 spiro atoms. The lowest BCUT2D eigenvalue weighted by molar-refractivity contribution is -0.139. The van der Waals surface area contributed by atoms with Gasteiger partial charge in [-0.15, -0.1) is 0 Å². The van der Waals surface area contributed by atoms with E-state index in [1.54, 1.807) is 12.1 Å². The molecule has 3 N–H and O–H groups in total. The van der Waals surface area contributed by atoms with E-state index >= 15 is 0 Å². The Kier molecular flexibility index (Phi) is 7.23. The van der Waals surface area contributed by atoms with Gasteiger partial charge in [-0.05, 0) is 48.4 Å². The van der Waals surface area contributed by atoms with Crippen molar-refractivity contribution < 1.29 is 24.5 Å². The fourth-order valence-corrected chi connectivity index (χ4v) is 4.11. The Bertz CT molecular complexity index is 1250. The molecular weight excluding hydrogens is 432 g/mol. The predicted octanol–water partition coefficient (Wildman–Crippen LogP) is 4.69. The number of rotatable bonds is 11. The third-order valence-corrected chi connectivity index (χ3v) is 5.50. The van der Waals surface area contributed by atoms with E-state index < -0.39 is 12.1 Å². The Balaban J connectivity index is 1.44. The molecular formula is C27H30N2O5. The number of nitrogens with one attached hydrogen (secondary N) is 1. The fraction of sp³-hybridized carbons (Fsp3) is 0.296. The van der Waals surface area contributed by atoms with Gasteiger partial charge in [0, 0.05) is 35.1 Å². The molecule has 0 radical (unpaired) electrons. The minimum absolute atomic E-state index is 0.160. The third-order valence-electron chi connectivity index (χ3n) is 5.50. The van der Waals surface area contributed by atoms with Crippen LogP contribution in [-0.2, 0) is 4.79 Å². The number of hydrogen-bond donors (Lipinski definition) is 3. The highest BCUT2D eigenvalue weighted by Gasteiger charge is 2.16. The Labute approximate surface area is 198 Å². The zero-order valence-electron chi connectivity index (χ0n) is 19.4. The van der Waals surface area contributed by atoms with Crippen LogP contribution in [0.25, 0.3) is 21.8 Å². The number of hydrogen-bond acceptors (Lipinski definition) is 5. The molecule has 1 atom stereocenters. The largest absolute Gasteiger partial charge is 0.490 e. The maximum atomic E-state index is 10.8. The van der Waals surface area contributed by atoms with Crippen LogP contribution < -0.4 is 14.4 Å². The molecule has 0 saturated heterocycles. The van der Waals surface area contributed by atoms with Crippen molar-refractivity contribution in [3.05, 3.63) is 66.7 Å². The van der Waals surface area contributed by atoms with Crippen molar-refractivity contribution in [1.29, 1.82) is 0 Å². The lowest BCUT2D eigenvalue weighted by Gasteiger charge is -2.29. The number of carboxylic acid groups (broad SMARTS) is 1. The summed E-state index contributed by atoms with van der Waals surface area (Å²) in [6.07, 6.45) is -0.706. The second-order valence-corrected chi connectivity index (χ2v) is 8.79. The molecule has 0 saturated carbocycles. The van der Waals surface area contributed by atoms with E-state index in [1.165, 1.54) is 0 Å². The molecule has 0 unspecified atom stereocenters. The van der Waals surface area contributed by atoms with Crippen LogP contribution in [0.1, 0.15) is 13.8 Å². The highest BCUT2D eigenvalue weighted by atomic mass is 16.5. The van der Waals surface area contributed by atoms with Crippen LogP contribution in [0, 0.1) is 5.92 Å². The standard InChI is InChI=1S/C27H30N2O5/c1-18(2)14-29(19-10-12-21(13-11-19)33-17-26(31)32)15-20(30)16-34-25-9-5-8-24-27(25)22-6-3-4-7-23(22)28-24/h3-13,18,20,28,30H,14-17H2,1-2H3,(H,31,32)/t20-/m0/s1. The van der Waals surface area contributed by atoms with Gasteiger partial charge in [0.2, 0.25) is 0 Å². The monoisotopic (exact) mass is 462 g/mol. The number of fused-ring (bicyclic) bond motifs is 3. The number of para-hydroxylation sites is 1. The Morgan fingerprint density at radius 3 is 2.41 bits per heavy atom. The average molecular weight is 463 g/mol. The van der Waals surface area contributed by atoms with Crippen LogP contribution in [-0.4, -0.2) is 53.6 Å². The molecule has 4 aromatic rings. The third kappa shape index (κ3) is 5.61. The molecule has 3 aromatic carbocycles.